The van der Waals surface area contributed by atoms with Gasteiger partial charge >= 0.3 is 0 Å². The quantitative estimate of drug-likeness (QED) is 0.487. The number of aryl methyl sites for hydroxylation is 1. The van der Waals surface area contributed by atoms with Crippen molar-refractivity contribution in [3.8, 4) is 27.6 Å². The van der Waals surface area contributed by atoms with Crippen LogP contribution >= 0.6 is 11.3 Å². The number of hydrogen-bond acceptors (Lipinski definition) is 5. The van der Waals surface area contributed by atoms with Gasteiger partial charge in [0.25, 0.3) is 0 Å². The fourth-order valence-corrected chi connectivity index (χ4v) is 4.04. The molecular formula is C19H15N5OS. The largest absolute Gasteiger partial charge is 0.497 e. The first-order chi connectivity index (χ1) is 12.7. The molecule has 4 aromatic heterocycles. The molecule has 0 aliphatic rings. The monoisotopic (exact) mass is 361 g/mol. The van der Waals surface area contributed by atoms with Crippen LogP contribution in [0.15, 0.2) is 55.1 Å². The molecule has 128 valence electrons. The molecule has 6 nitrogen and oxygen atoms in total. The minimum absolute atomic E-state index is 0.839. The summed E-state index contributed by atoms with van der Waals surface area (Å²) >= 11 is 1.58. The molecule has 0 unspecified atom stereocenters. The highest BCUT2D eigenvalue weighted by atomic mass is 32.1. The minimum Gasteiger partial charge on any atom is -0.497 e. The van der Waals surface area contributed by atoms with Crippen molar-refractivity contribution >= 4 is 27.2 Å². The molecule has 0 N–H and O–H groups in total. The van der Waals surface area contributed by atoms with Crippen molar-refractivity contribution < 1.29 is 4.74 Å². The van der Waals surface area contributed by atoms with E-state index in [-0.39, 0.29) is 0 Å². The van der Waals surface area contributed by atoms with Gasteiger partial charge in [-0.3, -0.25) is 4.98 Å². The fourth-order valence-electron chi connectivity index (χ4n) is 3.14. The summed E-state index contributed by atoms with van der Waals surface area (Å²) in [5.41, 5.74) is 4.17. The van der Waals surface area contributed by atoms with Crippen molar-refractivity contribution in [2.75, 3.05) is 7.11 Å². The second-order valence-electron chi connectivity index (χ2n) is 6.03. The first-order valence-corrected chi connectivity index (χ1v) is 8.94. The van der Waals surface area contributed by atoms with E-state index < -0.39 is 0 Å². The summed E-state index contributed by atoms with van der Waals surface area (Å²) in [5, 5.41) is 6.81. The van der Waals surface area contributed by atoms with Crippen LogP contribution in [0.2, 0.25) is 0 Å². The number of aromatic nitrogens is 5. The highest BCUT2D eigenvalue weighted by molar-refractivity contribution is 7.20. The summed E-state index contributed by atoms with van der Waals surface area (Å²) in [5.74, 6) is 0.839. The van der Waals surface area contributed by atoms with Gasteiger partial charge < -0.3 is 9.30 Å². The molecule has 7 heteroatoms. The van der Waals surface area contributed by atoms with Crippen molar-refractivity contribution in [2.24, 2.45) is 7.05 Å². The van der Waals surface area contributed by atoms with Crippen molar-refractivity contribution in [2.45, 2.75) is 0 Å². The molecule has 0 aliphatic carbocycles. The SMILES string of the molecule is COc1ccc2c(c1)c(-c1nn3cc(-c4ccncc4)nc3s1)cn2C. The number of imidazole rings is 1. The third kappa shape index (κ3) is 2.28. The van der Waals surface area contributed by atoms with Crippen LogP contribution in [0.5, 0.6) is 5.75 Å². The van der Waals surface area contributed by atoms with E-state index in [2.05, 4.69) is 27.9 Å². The summed E-state index contributed by atoms with van der Waals surface area (Å²) in [4.78, 5) is 9.63. The molecule has 0 spiro atoms. The number of hydrogen-bond donors (Lipinski definition) is 0. The molecule has 5 aromatic rings. The lowest BCUT2D eigenvalue weighted by Crippen LogP contribution is -1.85. The molecule has 0 bridgehead atoms. The predicted molar refractivity (Wildman–Crippen MR) is 103 cm³/mol. The highest BCUT2D eigenvalue weighted by Crippen LogP contribution is 2.35. The molecular weight excluding hydrogens is 346 g/mol. The smallest absolute Gasteiger partial charge is 0.213 e. The Bertz CT molecular complexity index is 1200. The lowest BCUT2D eigenvalue weighted by molar-refractivity contribution is 0.415. The van der Waals surface area contributed by atoms with E-state index in [0.717, 1.165) is 43.4 Å². The topological polar surface area (TPSA) is 57.2 Å². The van der Waals surface area contributed by atoms with Crippen LogP contribution in [0.1, 0.15) is 0 Å². The molecule has 0 saturated heterocycles. The Balaban J connectivity index is 1.63. The highest BCUT2D eigenvalue weighted by Gasteiger charge is 2.16. The van der Waals surface area contributed by atoms with Crippen molar-refractivity contribution in [1.29, 1.82) is 0 Å². The molecule has 0 saturated carbocycles. The van der Waals surface area contributed by atoms with Crippen LogP contribution in [0.3, 0.4) is 0 Å². The lowest BCUT2D eigenvalue weighted by Gasteiger charge is -2.01. The molecule has 5 rings (SSSR count). The number of benzene rings is 1. The van der Waals surface area contributed by atoms with Crippen LogP contribution in [0.4, 0.5) is 0 Å². The van der Waals surface area contributed by atoms with E-state index in [0.29, 0.717) is 0 Å². The van der Waals surface area contributed by atoms with E-state index in [4.69, 9.17) is 14.8 Å². The Labute approximate surface area is 153 Å². The van der Waals surface area contributed by atoms with Gasteiger partial charge in [0.2, 0.25) is 4.96 Å². The summed E-state index contributed by atoms with van der Waals surface area (Å²) < 4.78 is 9.33. The van der Waals surface area contributed by atoms with Gasteiger partial charge in [0.15, 0.2) is 0 Å². The molecule has 26 heavy (non-hydrogen) atoms. The third-order valence-electron chi connectivity index (χ3n) is 4.45. The van der Waals surface area contributed by atoms with Crippen LogP contribution in [-0.4, -0.2) is 31.3 Å². The number of fused-ring (bicyclic) bond motifs is 2. The van der Waals surface area contributed by atoms with Gasteiger partial charge in [-0.2, -0.15) is 5.10 Å². The Morgan fingerprint density at radius 3 is 2.69 bits per heavy atom. The van der Waals surface area contributed by atoms with Gasteiger partial charge in [-0.1, -0.05) is 11.3 Å². The van der Waals surface area contributed by atoms with Gasteiger partial charge in [-0.05, 0) is 30.3 Å². The molecule has 1 aromatic carbocycles. The summed E-state index contributed by atoms with van der Waals surface area (Å²) in [6.45, 7) is 0. The minimum atomic E-state index is 0.839. The lowest BCUT2D eigenvalue weighted by atomic mass is 10.2. The standard InChI is InChI=1S/C19H15N5OS/c1-23-10-15(14-9-13(25-2)3-4-17(14)23)18-22-24-11-16(21-19(24)26-18)12-5-7-20-8-6-12/h3-11H,1-2H3. The Morgan fingerprint density at radius 2 is 1.92 bits per heavy atom. The normalized spacial score (nSPS) is 11.5. The predicted octanol–water partition coefficient (Wildman–Crippen LogP) is 4.02. The average molecular weight is 361 g/mol. The van der Waals surface area contributed by atoms with Crippen molar-refractivity contribution in [1.82, 2.24) is 24.1 Å². The van der Waals surface area contributed by atoms with Crippen LogP contribution < -0.4 is 4.74 Å². The van der Waals surface area contributed by atoms with Gasteiger partial charge in [0.05, 0.1) is 19.0 Å². The van der Waals surface area contributed by atoms with E-state index in [1.54, 1.807) is 30.8 Å². The Morgan fingerprint density at radius 1 is 1.08 bits per heavy atom. The number of rotatable bonds is 3. The summed E-state index contributed by atoms with van der Waals surface area (Å²) in [6, 6.07) is 9.99. The second-order valence-corrected chi connectivity index (χ2v) is 6.99. The van der Waals surface area contributed by atoms with Gasteiger partial charge in [0, 0.05) is 47.7 Å². The molecule has 0 fully saturated rings. The summed E-state index contributed by atoms with van der Waals surface area (Å²) in [6.07, 6.45) is 7.60. The van der Waals surface area contributed by atoms with Gasteiger partial charge in [-0.15, -0.1) is 0 Å². The molecule has 0 aliphatic heterocycles. The first kappa shape index (κ1) is 15.1. The van der Waals surface area contributed by atoms with Crippen LogP contribution in [-0.2, 0) is 7.05 Å². The van der Waals surface area contributed by atoms with Crippen LogP contribution in [0, 0.1) is 0 Å². The zero-order valence-corrected chi connectivity index (χ0v) is 15.1. The Hall–Kier alpha value is -3.19. The number of pyridine rings is 1. The first-order valence-electron chi connectivity index (χ1n) is 8.13. The third-order valence-corrected chi connectivity index (χ3v) is 5.40. The number of nitrogens with zero attached hydrogens (tertiary/aromatic N) is 5. The maximum Gasteiger partial charge on any atom is 0.213 e. The molecule has 0 amide bonds. The zero-order chi connectivity index (χ0) is 17.7. The maximum absolute atomic E-state index is 5.38. The van der Waals surface area contributed by atoms with E-state index in [1.165, 1.54) is 0 Å². The molecule has 4 heterocycles. The number of methoxy groups -OCH3 is 1. The summed E-state index contributed by atoms with van der Waals surface area (Å²) in [7, 11) is 3.72. The fraction of sp³-hybridized carbons (Fsp3) is 0.105. The zero-order valence-electron chi connectivity index (χ0n) is 14.2. The maximum atomic E-state index is 5.38. The molecule has 0 atom stereocenters. The van der Waals surface area contributed by atoms with Crippen molar-refractivity contribution in [3.05, 3.63) is 55.1 Å². The van der Waals surface area contributed by atoms with Gasteiger partial charge in [0.1, 0.15) is 10.8 Å². The van der Waals surface area contributed by atoms with Gasteiger partial charge in [-0.25, -0.2) is 9.50 Å². The van der Waals surface area contributed by atoms with E-state index in [9.17, 15) is 0 Å². The molecule has 0 radical (unpaired) electrons. The number of ether oxygens (including phenoxy) is 1. The average Bonchev–Trinajstić information content (AvgIpc) is 3.33. The van der Waals surface area contributed by atoms with Crippen LogP contribution in [0.25, 0.3) is 37.7 Å². The van der Waals surface area contributed by atoms with Crippen molar-refractivity contribution in [3.63, 3.8) is 0 Å². The second kappa shape index (κ2) is 5.67. The Kier molecular flexibility index (Phi) is 3.29. The van der Waals surface area contributed by atoms with E-state index in [1.807, 2.05) is 36.0 Å². The van der Waals surface area contributed by atoms with E-state index >= 15 is 0 Å².